The number of hydrogen-bond acceptors (Lipinski definition) is 10. The number of nitrogens with one attached hydrogen (secondary N) is 2. The standard InChI is InChI=1S/C32H43N7O9S/c1-3-47-32(46)37-17-15-36(16-18-37)31(45)23(11-12-28(41)42)34-29(43)24-20-27(39(35-24)22-8-5-4-6-9-22)48-21-26(40)38-14-7-10-25(38)30(44)33-13-19-49-2/h4-6,8-9,20,23,25H,3,7,10-19,21H2,1-2H3,(H,33,44)(H,34,43)(H,41,42)/t23-,25-/m0/s1. The predicted molar refractivity (Wildman–Crippen MR) is 178 cm³/mol. The number of piperazine rings is 1. The molecule has 2 aromatic rings. The van der Waals surface area contributed by atoms with Gasteiger partial charge in [0.25, 0.3) is 11.8 Å². The summed E-state index contributed by atoms with van der Waals surface area (Å²) in [6, 6.07) is 8.35. The minimum absolute atomic E-state index is 0.0772. The molecule has 0 saturated carbocycles. The number of hydrogen-bond donors (Lipinski definition) is 3. The number of ether oxygens (including phenoxy) is 2. The number of likely N-dealkylation sites (tertiary alicyclic amines) is 1. The molecule has 2 aliphatic rings. The highest BCUT2D eigenvalue weighted by Gasteiger charge is 2.35. The van der Waals surface area contributed by atoms with Crippen LogP contribution < -0.4 is 15.4 Å². The number of nitrogens with zero attached hydrogens (tertiary/aromatic N) is 5. The van der Waals surface area contributed by atoms with Crippen LogP contribution in [0.1, 0.15) is 43.1 Å². The van der Waals surface area contributed by atoms with Gasteiger partial charge >= 0.3 is 12.1 Å². The van der Waals surface area contributed by atoms with E-state index in [1.165, 1.54) is 25.4 Å². The van der Waals surface area contributed by atoms with Crippen molar-refractivity contribution in [2.24, 2.45) is 0 Å². The molecule has 49 heavy (non-hydrogen) atoms. The third kappa shape index (κ3) is 10.1. The van der Waals surface area contributed by atoms with E-state index < -0.39 is 48.5 Å². The third-order valence-electron chi connectivity index (χ3n) is 8.10. The van der Waals surface area contributed by atoms with Crippen LogP contribution in [0.15, 0.2) is 36.4 Å². The van der Waals surface area contributed by atoms with Gasteiger partial charge in [-0.05, 0) is 44.6 Å². The summed E-state index contributed by atoms with van der Waals surface area (Å²) in [6.07, 6.45) is 2.15. The number of amides is 5. The summed E-state index contributed by atoms with van der Waals surface area (Å²) >= 11 is 1.61. The molecule has 2 atom stereocenters. The molecule has 0 bridgehead atoms. The quantitative estimate of drug-likeness (QED) is 0.224. The van der Waals surface area contributed by atoms with Crippen molar-refractivity contribution in [2.45, 2.75) is 44.7 Å². The Balaban J connectivity index is 1.47. The van der Waals surface area contributed by atoms with Crippen molar-refractivity contribution in [3.8, 4) is 11.6 Å². The largest absolute Gasteiger partial charge is 0.481 e. The Labute approximate surface area is 288 Å². The average molecular weight is 702 g/mol. The second kappa shape index (κ2) is 18.1. The number of para-hydroxylation sites is 1. The first-order valence-electron chi connectivity index (χ1n) is 16.2. The number of rotatable bonds is 15. The number of carbonyl (C=O) groups is 6. The van der Waals surface area contributed by atoms with Gasteiger partial charge in [0, 0.05) is 57.5 Å². The van der Waals surface area contributed by atoms with Crippen molar-refractivity contribution in [3.63, 3.8) is 0 Å². The molecule has 4 rings (SSSR count). The van der Waals surface area contributed by atoms with E-state index in [2.05, 4.69) is 15.7 Å². The van der Waals surface area contributed by atoms with Gasteiger partial charge in [0.1, 0.15) is 12.1 Å². The number of aliphatic carboxylic acids is 1. The van der Waals surface area contributed by atoms with Crippen molar-refractivity contribution < 1.29 is 43.3 Å². The Morgan fingerprint density at radius 2 is 1.76 bits per heavy atom. The Morgan fingerprint density at radius 3 is 2.43 bits per heavy atom. The zero-order chi connectivity index (χ0) is 35.3. The first-order chi connectivity index (χ1) is 23.6. The minimum atomic E-state index is -1.18. The van der Waals surface area contributed by atoms with Crippen molar-refractivity contribution >= 4 is 47.5 Å². The second-order valence-corrected chi connectivity index (χ2v) is 12.4. The number of thioether (sulfide) groups is 1. The maximum atomic E-state index is 13.5. The van der Waals surface area contributed by atoms with E-state index in [-0.39, 0.29) is 63.1 Å². The molecule has 0 unspecified atom stereocenters. The fourth-order valence-electron chi connectivity index (χ4n) is 5.58. The fourth-order valence-corrected chi connectivity index (χ4v) is 5.89. The smallest absolute Gasteiger partial charge is 0.409 e. The Morgan fingerprint density at radius 1 is 1.04 bits per heavy atom. The lowest BCUT2D eigenvalue weighted by atomic mass is 10.1. The van der Waals surface area contributed by atoms with Crippen molar-refractivity contribution in [3.05, 3.63) is 42.1 Å². The van der Waals surface area contributed by atoms with Gasteiger partial charge in [-0.1, -0.05) is 18.2 Å². The molecule has 1 aromatic heterocycles. The molecule has 0 radical (unpaired) electrons. The molecule has 5 amide bonds. The molecule has 0 spiro atoms. The van der Waals surface area contributed by atoms with Crippen LogP contribution in [0.3, 0.4) is 0 Å². The molecule has 2 aliphatic heterocycles. The SMILES string of the molecule is CCOC(=O)N1CCN(C(=O)[C@H](CCC(=O)O)NC(=O)c2cc(OCC(=O)N3CCC[C@H]3C(=O)NCCSC)n(-c3ccccc3)n2)CC1. The van der Waals surface area contributed by atoms with Gasteiger partial charge in [0.05, 0.1) is 12.3 Å². The number of aromatic nitrogens is 2. The summed E-state index contributed by atoms with van der Waals surface area (Å²) in [4.78, 5) is 80.9. The van der Waals surface area contributed by atoms with Gasteiger partial charge in [0.15, 0.2) is 12.3 Å². The molecular weight excluding hydrogens is 658 g/mol. The van der Waals surface area contributed by atoms with Gasteiger partial charge in [-0.25, -0.2) is 9.48 Å². The first-order valence-corrected chi connectivity index (χ1v) is 17.6. The minimum Gasteiger partial charge on any atom is -0.481 e. The monoisotopic (exact) mass is 701 g/mol. The van der Waals surface area contributed by atoms with Crippen LogP contribution in [0.4, 0.5) is 4.79 Å². The molecular formula is C32H43N7O9S. The van der Waals surface area contributed by atoms with Crippen LogP contribution >= 0.6 is 11.8 Å². The average Bonchev–Trinajstić information content (AvgIpc) is 3.78. The Bertz CT molecular complexity index is 1480. The third-order valence-corrected chi connectivity index (χ3v) is 8.71. The molecule has 2 fully saturated rings. The van der Waals surface area contributed by atoms with E-state index >= 15 is 0 Å². The number of benzene rings is 1. The van der Waals surface area contributed by atoms with Crippen molar-refractivity contribution in [1.29, 1.82) is 0 Å². The summed E-state index contributed by atoms with van der Waals surface area (Å²) in [5, 5.41) is 19.2. The van der Waals surface area contributed by atoms with Crippen LogP contribution in [-0.2, 0) is 23.9 Å². The topological polar surface area (TPSA) is 193 Å². The molecule has 1 aromatic carbocycles. The zero-order valence-corrected chi connectivity index (χ0v) is 28.5. The van der Waals surface area contributed by atoms with E-state index in [0.29, 0.717) is 31.6 Å². The second-order valence-electron chi connectivity index (χ2n) is 11.4. The number of carboxylic acid groups (broad SMARTS) is 1. The van der Waals surface area contributed by atoms with Crippen molar-refractivity contribution in [2.75, 3.05) is 64.5 Å². The van der Waals surface area contributed by atoms with Crippen LogP contribution in [0.5, 0.6) is 5.88 Å². The lowest BCUT2D eigenvalue weighted by Gasteiger charge is -2.35. The highest BCUT2D eigenvalue weighted by molar-refractivity contribution is 7.98. The van der Waals surface area contributed by atoms with Gasteiger partial charge in [0.2, 0.25) is 17.7 Å². The first kappa shape index (κ1) is 37.0. The van der Waals surface area contributed by atoms with Crippen LogP contribution in [0.25, 0.3) is 5.69 Å². The summed E-state index contributed by atoms with van der Waals surface area (Å²) < 4.78 is 12.3. The molecule has 0 aliphatic carbocycles. The molecule has 17 heteroatoms. The summed E-state index contributed by atoms with van der Waals surface area (Å²) in [6.45, 7) is 3.25. The lowest BCUT2D eigenvalue weighted by molar-refractivity contribution is -0.140. The highest BCUT2D eigenvalue weighted by atomic mass is 32.2. The summed E-state index contributed by atoms with van der Waals surface area (Å²) in [7, 11) is 0. The van der Waals surface area contributed by atoms with Gasteiger partial charge in [-0.15, -0.1) is 0 Å². The fraction of sp³-hybridized carbons (Fsp3) is 0.531. The van der Waals surface area contributed by atoms with Crippen molar-refractivity contribution in [1.82, 2.24) is 35.1 Å². The molecule has 3 N–H and O–H groups in total. The Hall–Kier alpha value is -4.80. The maximum absolute atomic E-state index is 13.5. The van der Waals surface area contributed by atoms with E-state index in [1.807, 2.05) is 6.26 Å². The highest BCUT2D eigenvalue weighted by Crippen LogP contribution is 2.22. The summed E-state index contributed by atoms with van der Waals surface area (Å²) in [5.41, 5.74) is 0.410. The maximum Gasteiger partial charge on any atom is 0.409 e. The molecule has 16 nitrogen and oxygen atoms in total. The predicted octanol–water partition coefficient (Wildman–Crippen LogP) is 0.985. The molecule has 3 heterocycles. The van der Waals surface area contributed by atoms with E-state index in [4.69, 9.17) is 9.47 Å². The van der Waals surface area contributed by atoms with E-state index in [9.17, 15) is 33.9 Å². The molecule has 266 valence electrons. The van der Waals surface area contributed by atoms with Gasteiger partial charge < -0.3 is 39.9 Å². The Kier molecular flexibility index (Phi) is 13.7. The lowest BCUT2D eigenvalue weighted by Crippen LogP contribution is -2.56. The van der Waals surface area contributed by atoms with Crippen LogP contribution in [0.2, 0.25) is 0 Å². The van der Waals surface area contributed by atoms with E-state index in [1.54, 1.807) is 49.0 Å². The number of carboxylic acids is 1. The normalized spacial score (nSPS) is 16.5. The van der Waals surface area contributed by atoms with Gasteiger partial charge in [-0.3, -0.25) is 24.0 Å². The van der Waals surface area contributed by atoms with Gasteiger partial charge in [-0.2, -0.15) is 16.9 Å². The number of carbonyl (C=O) groups excluding carboxylic acids is 5. The summed E-state index contributed by atoms with van der Waals surface area (Å²) in [5.74, 6) is -2.13. The van der Waals surface area contributed by atoms with Crippen LogP contribution in [0, 0.1) is 0 Å². The zero-order valence-electron chi connectivity index (χ0n) is 27.7. The van der Waals surface area contributed by atoms with Crippen LogP contribution in [-0.4, -0.2) is 142 Å². The molecule has 2 saturated heterocycles. The van der Waals surface area contributed by atoms with E-state index in [0.717, 1.165) is 5.75 Å².